The molecule has 0 spiro atoms. The predicted molar refractivity (Wildman–Crippen MR) is 68.9 cm³/mol. The first-order valence-corrected chi connectivity index (χ1v) is 6.24. The quantitative estimate of drug-likeness (QED) is 0.565. The molecule has 0 saturated heterocycles. The monoisotopic (exact) mass is 204 g/mol. The molecular weight excluding hydrogens is 180 g/mol. The lowest BCUT2D eigenvalue weighted by Gasteiger charge is -2.16. The first-order chi connectivity index (χ1) is 7.19. The van der Waals surface area contributed by atoms with Gasteiger partial charge in [-0.15, -0.1) is 0 Å². The van der Waals surface area contributed by atoms with Crippen LogP contribution in [0, 0.1) is 5.92 Å². The molecule has 0 nitrogen and oxygen atoms in total. The van der Waals surface area contributed by atoms with Crippen LogP contribution < -0.4 is 0 Å². The van der Waals surface area contributed by atoms with Crippen molar-refractivity contribution in [2.75, 3.05) is 0 Å². The third-order valence-electron chi connectivity index (χ3n) is 3.31. The van der Waals surface area contributed by atoms with Crippen molar-refractivity contribution in [1.29, 1.82) is 0 Å². The zero-order valence-electron chi connectivity index (χ0n) is 10.6. The maximum atomic E-state index is 2.45. The van der Waals surface area contributed by atoms with E-state index in [9.17, 15) is 0 Å². The van der Waals surface area contributed by atoms with Crippen LogP contribution in [0.2, 0.25) is 0 Å². The Morgan fingerprint density at radius 2 is 2.07 bits per heavy atom. The van der Waals surface area contributed by atoms with Crippen LogP contribution in [0.3, 0.4) is 0 Å². The van der Waals surface area contributed by atoms with E-state index in [1.54, 1.807) is 5.57 Å². The SMILES string of the molecule is CCCC1=CCC(C)=C(CC)C=CC1C. The van der Waals surface area contributed by atoms with Gasteiger partial charge in [0.2, 0.25) is 0 Å². The van der Waals surface area contributed by atoms with E-state index >= 15 is 0 Å². The van der Waals surface area contributed by atoms with Gasteiger partial charge in [0, 0.05) is 0 Å². The highest BCUT2D eigenvalue weighted by molar-refractivity contribution is 5.31. The summed E-state index contributed by atoms with van der Waals surface area (Å²) in [6.45, 7) is 9.08. The molecule has 0 aromatic heterocycles. The molecule has 0 saturated carbocycles. The van der Waals surface area contributed by atoms with E-state index < -0.39 is 0 Å². The fourth-order valence-electron chi connectivity index (χ4n) is 2.17. The highest BCUT2D eigenvalue weighted by Gasteiger charge is 2.08. The molecule has 1 rings (SSSR count). The average Bonchev–Trinajstić information content (AvgIpc) is 2.23. The molecule has 1 aliphatic carbocycles. The van der Waals surface area contributed by atoms with Crippen molar-refractivity contribution in [3.63, 3.8) is 0 Å². The van der Waals surface area contributed by atoms with Gasteiger partial charge >= 0.3 is 0 Å². The van der Waals surface area contributed by atoms with Crippen LogP contribution in [0.25, 0.3) is 0 Å². The van der Waals surface area contributed by atoms with Crippen molar-refractivity contribution < 1.29 is 0 Å². The van der Waals surface area contributed by atoms with Crippen LogP contribution in [-0.4, -0.2) is 0 Å². The third kappa shape index (κ3) is 3.37. The van der Waals surface area contributed by atoms with E-state index in [4.69, 9.17) is 0 Å². The Morgan fingerprint density at radius 3 is 2.67 bits per heavy atom. The van der Waals surface area contributed by atoms with E-state index in [1.807, 2.05) is 0 Å². The smallest absolute Gasteiger partial charge is 0.00483 e. The molecule has 1 aliphatic rings. The second kappa shape index (κ2) is 5.95. The Labute approximate surface area is 94.8 Å². The lowest BCUT2D eigenvalue weighted by molar-refractivity contribution is 0.749. The predicted octanol–water partition coefficient (Wildman–Crippen LogP) is 5.04. The molecule has 1 unspecified atom stereocenters. The Balaban J connectivity index is 2.89. The molecule has 0 aromatic rings. The zero-order chi connectivity index (χ0) is 11.3. The van der Waals surface area contributed by atoms with Gasteiger partial charge in [0.15, 0.2) is 0 Å². The highest BCUT2D eigenvalue weighted by atomic mass is 14.1. The van der Waals surface area contributed by atoms with Gasteiger partial charge in [-0.3, -0.25) is 0 Å². The number of hydrogen-bond donors (Lipinski definition) is 0. The summed E-state index contributed by atoms with van der Waals surface area (Å²) in [6, 6.07) is 0. The maximum absolute atomic E-state index is 2.45. The van der Waals surface area contributed by atoms with E-state index in [0.717, 1.165) is 12.8 Å². The molecule has 84 valence electrons. The van der Waals surface area contributed by atoms with E-state index in [1.165, 1.54) is 24.0 Å². The molecule has 0 heterocycles. The molecular formula is C15H24. The standard InChI is InChI=1S/C15H24/c1-5-7-15-11-9-12(3)14(6-2)10-8-13(15)4/h8,10-11,13H,5-7,9H2,1-4H3. The van der Waals surface area contributed by atoms with Gasteiger partial charge < -0.3 is 0 Å². The van der Waals surface area contributed by atoms with Crippen molar-refractivity contribution in [3.8, 4) is 0 Å². The topological polar surface area (TPSA) is 0 Å². The third-order valence-corrected chi connectivity index (χ3v) is 3.31. The Bertz CT molecular complexity index is 289. The van der Waals surface area contributed by atoms with Crippen LogP contribution in [-0.2, 0) is 0 Å². The lowest BCUT2D eigenvalue weighted by Crippen LogP contribution is -1.99. The second-order valence-electron chi connectivity index (χ2n) is 4.54. The van der Waals surface area contributed by atoms with Crippen LogP contribution >= 0.6 is 0 Å². The molecule has 0 amide bonds. The summed E-state index contributed by atoms with van der Waals surface area (Å²) < 4.78 is 0. The Hall–Kier alpha value is -0.780. The Morgan fingerprint density at radius 1 is 1.33 bits per heavy atom. The molecule has 15 heavy (non-hydrogen) atoms. The van der Waals surface area contributed by atoms with Crippen molar-refractivity contribution in [3.05, 3.63) is 34.9 Å². The normalized spacial score (nSPS) is 22.4. The summed E-state index contributed by atoms with van der Waals surface area (Å²) in [6.07, 6.45) is 12.0. The molecule has 1 atom stereocenters. The first kappa shape index (κ1) is 12.3. The summed E-state index contributed by atoms with van der Waals surface area (Å²) in [7, 11) is 0. The van der Waals surface area contributed by atoms with Gasteiger partial charge in [0.25, 0.3) is 0 Å². The number of hydrogen-bond acceptors (Lipinski definition) is 0. The van der Waals surface area contributed by atoms with Crippen LogP contribution in [0.1, 0.15) is 53.4 Å². The molecule has 0 bridgehead atoms. The minimum absolute atomic E-state index is 0.625. The average molecular weight is 204 g/mol. The van der Waals surface area contributed by atoms with E-state index in [2.05, 4.69) is 45.9 Å². The molecule has 0 aromatic carbocycles. The molecule has 0 aliphatic heterocycles. The second-order valence-corrected chi connectivity index (χ2v) is 4.54. The fourth-order valence-corrected chi connectivity index (χ4v) is 2.17. The van der Waals surface area contributed by atoms with Crippen molar-refractivity contribution in [2.24, 2.45) is 5.92 Å². The lowest BCUT2D eigenvalue weighted by atomic mass is 9.90. The molecule has 0 N–H and O–H groups in total. The largest absolute Gasteiger partial charge is 0.0807 e. The summed E-state index contributed by atoms with van der Waals surface area (Å²) in [4.78, 5) is 0. The first-order valence-electron chi connectivity index (χ1n) is 6.24. The summed E-state index contributed by atoms with van der Waals surface area (Å²) in [5, 5.41) is 0. The van der Waals surface area contributed by atoms with Gasteiger partial charge in [-0.25, -0.2) is 0 Å². The van der Waals surface area contributed by atoms with Crippen LogP contribution in [0.4, 0.5) is 0 Å². The maximum Gasteiger partial charge on any atom is -0.00483 e. The van der Waals surface area contributed by atoms with Crippen LogP contribution in [0.15, 0.2) is 34.9 Å². The van der Waals surface area contributed by atoms with E-state index in [-0.39, 0.29) is 0 Å². The van der Waals surface area contributed by atoms with E-state index in [0.29, 0.717) is 5.92 Å². The summed E-state index contributed by atoms with van der Waals surface area (Å²) in [5.41, 5.74) is 4.67. The summed E-state index contributed by atoms with van der Waals surface area (Å²) in [5.74, 6) is 0.625. The highest BCUT2D eigenvalue weighted by Crippen LogP contribution is 2.25. The minimum atomic E-state index is 0.625. The molecule has 0 heteroatoms. The number of rotatable bonds is 3. The molecule has 0 fully saturated rings. The van der Waals surface area contributed by atoms with Gasteiger partial charge in [-0.05, 0) is 37.7 Å². The van der Waals surface area contributed by atoms with Gasteiger partial charge in [-0.2, -0.15) is 0 Å². The minimum Gasteiger partial charge on any atom is -0.0807 e. The Kier molecular flexibility index (Phi) is 4.87. The van der Waals surface area contributed by atoms with Crippen molar-refractivity contribution in [2.45, 2.75) is 53.4 Å². The van der Waals surface area contributed by atoms with Gasteiger partial charge in [0.1, 0.15) is 0 Å². The van der Waals surface area contributed by atoms with Gasteiger partial charge in [-0.1, -0.05) is 56.6 Å². The fraction of sp³-hybridized carbons (Fsp3) is 0.600. The van der Waals surface area contributed by atoms with Crippen molar-refractivity contribution in [1.82, 2.24) is 0 Å². The van der Waals surface area contributed by atoms with Gasteiger partial charge in [0.05, 0.1) is 0 Å². The van der Waals surface area contributed by atoms with Crippen molar-refractivity contribution >= 4 is 0 Å². The number of allylic oxidation sites excluding steroid dienone is 6. The zero-order valence-corrected chi connectivity index (χ0v) is 10.6. The van der Waals surface area contributed by atoms with Crippen LogP contribution in [0.5, 0.6) is 0 Å². The molecule has 0 radical (unpaired) electrons. The summed E-state index contributed by atoms with van der Waals surface area (Å²) >= 11 is 0.